The number of aromatic nitrogens is 2. The monoisotopic (exact) mass is 233 g/mol. The van der Waals surface area contributed by atoms with Gasteiger partial charge in [-0.15, -0.1) is 0 Å². The van der Waals surface area contributed by atoms with Crippen LogP contribution in [0.1, 0.15) is 17.3 Å². The fraction of sp³-hybridized carbons (Fsp3) is 0.333. The third kappa shape index (κ3) is 3.29. The average molecular weight is 233 g/mol. The van der Waals surface area contributed by atoms with Crippen molar-refractivity contribution in [1.82, 2.24) is 15.5 Å². The van der Waals surface area contributed by atoms with Crippen LogP contribution in [0.4, 0.5) is 0 Å². The maximum Gasteiger partial charge on any atom is 0.240 e. The highest BCUT2D eigenvalue weighted by molar-refractivity contribution is 5.28. The van der Waals surface area contributed by atoms with E-state index in [2.05, 4.69) is 15.5 Å². The number of methoxy groups -OCH3 is 1. The molecule has 0 amide bonds. The Morgan fingerprint density at radius 3 is 2.94 bits per heavy atom. The second-order valence-electron chi connectivity index (χ2n) is 3.69. The first-order valence-electron chi connectivity index (χ1n) is 5.41. The van der Waals surface area contributed by atoms with Crippen molar-refractivity contribution >= 4 is 0 Å². The molecule has 0 atom stereocenters. The number of rotatable bonds is 5. The highest BCUT2D eigenvalue weighted by Gasteiger charge is 2.01. The Bertz CT molecular complexity index is 482. The number of benzene rings is 1. The first-order valence-corrected chi connectivity index (χ1v) is 5.41. The second-order valence-corrected chi connectivity index (χ2v) is 3.69. The summed E-state index contributed by atoms with van der Waals surface area (Å²) >= 11 is 0. The van der Waals surface area contributed by atoms with E-state index in [9.17, 15) is 0 Å². The SMILES string of the molecule is COc1cccc(CNCc2nc(C)no2)c1. The third-order valence-corrected chi connectivity index (χ3v) is 2.31. The van der Waals surface area contributed by atoms with Crippen LogP contribution >= 0.6 is 0 Å². The van der Waals surface area contributed by atoms with E-state index in [0.717, 1.165) is 17.9 Å². The molecule has 2 rings (SSSR count). The molecule has 0 bridgehead atoms. The molecule has 0 fully saturated rings. The Labute approximate surface area is 99.8 Å². The molecular weight excluding hydrogens is 218 g/mol. The van der Waals surface area contributed by atoms with Crippen LogP contribution in [0.25, 0.3) is 0 Å². The molecule has 0 radical (unpaired) electrons. The standard InChI is InChI=1S/C12H15N3O2/c1-9-14-12(17-15-9)8-13-7-10-4-3-5-11(6-10)16-2/h3-6,13H,7-8H2,1-2H3. The van der Waals surface area contributed by atoms with E-state index in [1.165, 1.54) is 0 Å². The summed E-state index contributed by atoms with van der Waals surface area (Å²) in [6.45, 7) is 3.10. The smallest absolute Gasteiger partial charge is 0.240 e. The van der Waals surface area contributed by atoms with Gasteiger partial charge in [-0.05, 0) is 24.6 Å². The fourth-order valence-electron chi connectivity index (χ4n) is 1.51. The lowest BCUT2D eigenvalue weighted by Gasteiger charge is -2.04. The van der Waals surface area contributed by atoms with Crippen LogP contribution < -0.4 is 10.1 Å². The van der Waals surface area contributed by atoms with Crippen LogP contribution in [0.15, 0.2) is 28.8 Å². The van der Waals surface area contributed by atoms with E-state index < -0.39 is 0 Å². The van der Waals surface area contributed by atoms with Gasteiger partial charge in [0.05, 0.1) is 13.7 Å². The maximum absolute atomic E-state index is 5.15. The maximum atomic E-state index is 5.15. The zero-order valence-electron chi connectivity index (χ0n) is 9.93. The molecule has 1 aromatic heterocycles. The quantitative estimate of drug-likeness (QED) is 0.851. The number of hydrogen-bond acceptors (Lipinski definition) is 5. The predicted molar refractivity (Wildman–Crippen MR) is 62.6 cm³/mol. The molecule has 1 aromatic carbocycles. The molecule has 0 aliphatic rings. The molecule has 5 heteroatoms. The molecule has 17 heavy (non-hydrogen) atoms. The van der Waals surface area contributed by atoms with Gasteiger partial charge in [0, 0.05) is 6.54 Å². The number of aryl methyl sites for hydroxylation is 1. The molecule has 1 heterocycles. The van der Waals surface area contributed by atoms with Crippen molar-refractivity contribution in [2.45, 2.75) is 20.0 Å². The van der Waals surface area contributed by atoms with Crippen molar-refractivity contribution in [3.05, 3.63) is 41.5 Å². The second kappa shape index (κ2) is 5.45. The van der Waals surface area contributed by atoms with Crippen molar-refractivity contribution in [3.8, 4) is 5.75 Å². The third-order valence-electron chi connectivity index (χ3n) is 2.31. The molecule has 1 N–H and O–H groups in total. The lowest BCUT2D eigenvalue weighted by molar-refractivity contribution is 0.364. The number of hydrogen-bond donors (Lipinski definition) is 1. The zero-order valence-corrected chi connectivity index (χ0v) is 9.93. The van der Waals surface area contributed by atoms with Crippen molar-refractivity contribution in [2.24, 2.45) is 0 Å². The van der Waals surface area contributed by atoms with Crippen LogP contribution in [0.2, 0.25) is 0 Å². The largest absolute Gasteiger partial charge is 0.497 e. The Balaban J connectivity index is 1.85. The van der Waals surface area contributed by atoms with Gasteiger partial charge in [-0.25, -0.2) is 0 Å². The predicted octanol–water partition coefficient (Wildman–Crippen LogP) is 1.68. The Morgan fingerprint density at radius 2 is 2.24 bits per heavy atom. The fourth-order valence-corrected chi connectivity index (χ4v) is 1.51. The number of ether oxygens (including phenoxy) is 1. The van der Waals surface area contributed by atoms with Gasteiger partial charge >= 0.3 is 0 Å². The molecular formula is C12H15N3O2. The van der Waals surface area contributed by atoms with Crippen molar-refractivity contribution in [2.75, 3.05) is 7.11 Å². The Morgan fingerprint density at radius 1 is 1.35 bits per heavy atom. The molecule has 0 saturated carbocycles. The van der Waals surface area contributed by atoms with Crippen LogP contribution in [0, 0.1) is 6.92 Å². The molecule has 0 unspecified atom stereocenters. The molecule has 0 spiro atoms. The Kier molecular flexibility index (Phi) is 3.72. The van der Waals surface area contributed by atoms with Gasteiger partial charge in [0.2, 0.25) is 5.89 Å². The summed E-state index contributed by atoms with van der Waals surface area (Å²) < 4.78 is 10.2. The Hall–Kier alpha value is -1.88. The topological polar surface area (TPSA) is 60.2 Å². The molecule has 2 aromatic rings. The van der Waals surface area contributed by atoms with Crippen molar-refractivity contribution in [1.29, 1.82) is 0 Å². The molecule has 0 aliphatic carbocycles. The van der Waals surface area contributed by atoms with Crippen LogP contribution in [-0.2, 0) is 13.1 Å². The molecule has 0 aliphatic heterocycles. The first-order chi connectivity index (χ1) is 8.28. The highest BCUT2D eigenvalue weighted by atomic mass is 16.5. The lowest BCUT2D eigenvalue weighted by Crippen LogP contribution is -2.12. The van der Waals surface area contributed by atoms with Crippen molar-refractivity contribution in [3.63, 3.8) is 0 Å². The van der Waals surface area contributed by atoms with E-state index in [-0.39, 0.29) is 0 Å². The van der Waals surface area contributed by atoms with Gasteiger partial charge in [0.15, 0.2) is 5.82 Å². The minimum Gasteiger partial charge on any atom is -0.497 e. The summed E-state index contributed by atoms with van der Waals surface area (Å²) in [4.78, 5) is 4.11. The van der Waals surface area contributed by atoms with Gasteiger partial charge in [0.1, 0.15) is 5.75 Å². The average Bonchev–Trinajstić information content (AvgIpc) is 2.75. The lowest BCUT2D eigenvalue weighted by atomic mass is 10.2. The van der Waals surface area contributed by atoms with E-state index in [1.807, 2.05) is 24.3 Å². The summed E-state index contributed by atoms with van der Waals surface area (Å²) in [5, 5.41) is 6.95. The summed E-state index contributed by atoms with van der Waals surface area (Å²) in [6, 6.07) is 7.91. The molecule has 0 saturated heterocycles. The zero-order chi connectivity index (χ0) is 12.1. The number of nitrogens with one attached hydrogen (secondary N) is 1. The molecule has 90 valence electrons. The van der Waals surface area contributed by atoms with E-state index in [0.29, 0.717) is 18.3 Å². The van der Waals surface area contributed by atoms with Crippen LogP contribution in [-0.4, -0.2) is 17.3 Å². The van der Waals surface area contributed by atoms with Gasteiger partial charge in [-0.3, -0.25) is 0 Å². The highest BCUT2D eigenvalue weighted by Crippen LogP contribution is 2.12. The van der Waals surface area contributed by atoms with Gasteiger partial charge < -0.3 is 14.6 Å². The van der Waals surface area contributed by atoms with E-state index in [4.69, 9.17) is 9.26 Å². The summed E-state index contributed by atoms with van der Waals surface area (Å²) in [5.41, 5.74) is 1.15. The minimum absolute atomic E-state index is 0.568. The summed E-state index contributed by atoms with van der Waals surface area (Å²) in [6.07, 6.45) is 0. The summed E-state index contributed by atoms with van der Waals surface area (Å²) in [7, 11) is 1.66. The minimum atomic E-state index is 0.568. The number of nitrogens with zero attached hydrogens (tertiary/aromatic N) is 2. The summed E-state index contributed by atoms with van der Waals surface area (Å²) in [5.74, 6) is 2.12. The first kappa shape index (κ1) is 11.6. The van der Waals surface area contributed by atoms with Gasteiger partial charge in [0.25, 0.3) is 0 Å². The van der Waals surface area contributed by atoms with Gasteiger partial charge in [-0.2, -0.15) is 4.98 Å². The van der Waals surface area contributed by atoms with Crippen molar-refractivity contribution < 1.29 is 9.26 Å². The normalized spacial score (nSPS) is 10.5. The molecule has 5 nitrogen and oxygen atoms in total. The van der Waals surface area contributed by atoms with Crippen LogP contribution in [0.3, 0.4) is 0 Å². The van der Waals surface area contributed by atoms with E-state index in [1.54, 1.807) is 14.0 Å². The van der Waals surface area contributed by atoms with Crippen LogP contribution in [0.5, 0.6) is 5.75 Å². The van der Waals surface area contributed by atoms with Gasteiger partial charge in [-0.1, -0.05) is 17.3 Å². The van der Waals surface area contributed by atoms with E-state index >= 15 is 0 Å².